The first-order valence-corrected chi connectivity index (χ1v) is 7.54. The summed E-state index contributed by atoms with van der Waals surface area (Å²) in [4.78, 5) is 8.27. The van der Waals surface area contributed by atoms with E-state index in [0.29, 0.717) is 0 Å². The SMILES string of the molecule is CCC1CCN(c2ncc(CNCCOC)s2)C1. The van der Waals surface area contributed by atoms with E-state index in [1.54, 1.807) is 7.11 Å². The van der Waals surface area contributed by atoms with Gasteiger partial charge in [0, 0.05) is 44.4 Å². The zero-order valence-electron chi connectivity index (χ0n) is 11.3. The zero-order valence-corrected chi connectivity index (χ0v) is 12.1. The highest BCUT2D eigenvalue weighted by Gasteiger charge is 2.22. The van der Waals surface area contributed by atoms with E-state index < -0.39 is 0 Å². The van der Waals surface area contributed by atoms with Crippen LogP contribution in [0, 0.1) is 5.92 Å². The van der Waals surface area contributed by atoms with Gasteiger partial charge < -0.3 is 15.0 Å². The van der Waals surface area contributed by atoms with Gasteiger partial charge in [-0.15, -0.1) is 11.3 Å². The Hall–Kier alpha value is -0.650. The van der Waals surface area contributed by atoms with Crippen LogP contribution in [0.1, 0.15) is 24.6 Å². The molecular formula is C13H23N3OS. The van der Waals surface area contributed by atoms with Crippen LogP contribution in [0.15, 0.2) is 6.20 Å². The van der Waals surface area contributed by atoms with Crippen molar-refractivity contribution in [1.82, 2.24) is 10.3 Å². The predicted octanol–water partition coefficient (Wildman–Crippen LogP) is 2.12. The Bertz CT molecular complexity index is 356. The quantitative estimate of drug-likeness (QED) is 0.769. The Morgan fingerprint density at radius 2 is 2.50 bits per heavy atom. The largest absolute Gasteiger partial charge is 0.383 e. The first-order valence-electron chi connectivity index (χ1n) is 6.72. The molecule has 1 fully saturated rings. The molecule has 0 saturated carbocycles. The van der Waals surface area contributed by atoms with Crippen molar-refractivity contribution in [2.75, 3.05) is 38.3 Å². The van der Waals surface area contributed by atoms with Crippen LogP contribution < -0.4 is 10.2 Å². The lowest BCUT2D eigenvalue weighted by molar-refractivity contribution is 0.199. The molecule has 1 aromatic heterocycles. The lowest BCUT2D eigenvalue weighted by Crippen LogP contribution is -2.19. The van der Waals surface area contributed by atoms with Gasteiger partial charge in [-0.25, -0.2) is 4.98 Å². The normalized spacial score (nSPS) is 19.7. The van der Waals surface area contributed by atoms with Gasteiger partial charge in [-0.2, -0.15) is 0 Å². The first-order chi connectivity index (χ1) is 8.83. The van der Waals surface area contributed by atoms with Crippen LogP contribution in [-0.4, -0.2) is 38.3 Å². The van der Waals surface area contributed by atoms with E-state index >= 15 is 0 Å². The van der Waals surface area contributed by atoms with Crippen molar-refractivity contribution in [2.45, 2.75) is 26.3 Å². The molecule has 1 aliphatic rings. The summed E-state index contributed by atoms with van der Waals surface area (Å²) in [6.45, 7) is 7.18. The maximum absolute atomic E-state index is 5.01. The number of hydrogen-bond acceptors (Lipinski definition) is 5. The Morgan fingerprint density at radius 3 is 3.22 bits per heavy atom. The molecule has 18 heavy (non-hydrogen) atoms. The maximum atomic E-state index is 5.01. The molecule has 0 amide bonds. The van der Waals surface area contributed by atoms with Gasteiger partial charge in [-0.05, 0) is 12.3 Å². The number of rotatable bonds is 7. The van der Waals surface area contributed by atoms with Gasteiger partial charge in [-0.3, -0.25) is 0 Å². The standard InChI is InChI=1S/C13H23N3OS/c1-3-11-4-6-16(10-11)13-15-9-12(18-13)8-14-5-7-17-2/h9,11,14H,3-8,10H2,1-2H3. The zero-order chi connectivity index (χ0) is 12.8. The van der Waals surface area contributed by atoms with Gasteiger partial charge in [0.05, 0.1) is 6.61 Å². The number of thiazole rings is 1. The fourth-order valence-electron chi connectivity index (χ4n) is 2.25. The van der Waals surface area contributed by atoms with Crippen LogP contribution in [-0.2, 0) is 11.3 Å². The van der Waals surface area contributed by atoms with E-state index in [2.05, 4.69) is 22.1 Å². The van der Waals surface area contributed by atoms with Crippen LogP contribution in [0.5, 0.6) is 0 Å². The molecule has 1 N–H and O–H groups in total. The molecule has 1 aromatic rings. The van der Waals surface area contributed by atoms with E-state index in [1.165, 1.54) is 35.9 Å². The van der Waals surface area contributed by atoms with Crippen molar-refractivity contribution >= 4 is 16.5 Å². The van der Waals surface area contributed by atoms with Gasteiger partial charge in [0.1, 0.15) is 0 Å². The highest BCUT2D eigenvalue weighted by atomic mass is 32.1. The number of aromatic nitrogens is 1. The van der Waals surface area contributed by atoms with E-state index in [1.807, 2.05) is 17.5 Å². The van der Waals surface area contributed by atoms with E-state index in [9.17, 15) is 0 Å². The second-order valence-corrected chi connectivity index (χ2v) is 5.88. The lowest BCUT2D eigenvalue weighted by atomic mass is 10.1. The van der Waals surface area contributed by atoms with Crippen molar-refractivity contribution in [2.24, 2.45) is 5.92 Å². The Balaban J connectivity index is 1.79. The minimum absolute atomic E-state index is 0.760. The summed E-state index contributed by atoms with van der Waals surface area (Å²) in [5, 5.41) is 4.54. The molecular weight excluding hydrogens is 246 g/mol. The molecule has 4 nitrogen and oxygen atoms in total. The molecule has 1 aliphatic heterocycles. The molecule has 102 valence electrons. The second kappa shape index (κ2) is 7.07. The van der Waals surface area contributed by atoms with E-state index in [4.69, 9.17) is 4.74 Å². The summed E-state index contributed by atoms with van der Waals surface area (Å²) < 4.78 is 5.01. The van der Waals surface area contributed by atoms with Gasteiger partial charge in [0.15, 0.2) is 5.13 Å². The minimum atomic E-state index is 0.760. The molecule has 0 spiro atoms. The summed E-state index contributed by atoms with van der Waals surface area (Å²) in [6.07, 6.45) is 4.60. The molecule has 5 heteroatoms. The Labute approximate surface area is 113 Å². The summed E-state index contributed by atoms with van der Waals surface area (Å²) in [5.41, 5.74) is 0. The van der Waals surface area contributed by atoms with Crippen molar-refractivity contribution in [1.29, 1.82) is 0 Å². The van der Waals surface area contributed by atoms with E-state index in [0.717, 1.165) is 25.6 Å². The molecule has 0 aliphatic carbocycles. The number of nitrogens with one attached hydrogen (secondary N) is 1. The van der Waals surface area contributed by atoms with E-state index in [-0.39, 0.29) is 0 Å². The number of nitrogens with zero attached hydrogens (tertiary/aromatic N) is 2. The Kier molecular flexibility index (Phi) is 5.41. The number of hydrogen-bond donors (Lipinski definition) is 1. The Morgan fingerprint density at radius 1 is 1.61 bits per heavy atom. The van der Waals surface area contributed by atoms with Crippen molar-refractivity contribution in [3.05, 3.63) is 11.1 Å². The molecule has 1 unspecified atom stereocenters. The fraction of sp³-hybridized carbons (Fsp3) is 0.769. The highest BCUT2D eigenvalue weighted by molar-refractivity contribution is 7.15. The highest BCUT2D eigenvalue weighted by Crippen LogP contribution is 2.28. The number of anilines is 1. The number of ether oxygens (including phenoxy) is 1. The molecule has 2 rings (SSSR count). The molecule has 1 atom stereocenters. The topological polar surface area (TPSA) is 37.4 Å². The first kappa shape index (κ1) is 13.8. The number of methoxy groups -OCH3 is 1. The predicted molar refractivity (Wildman–Crippen MR) is 76.3 cm³/mol. The summed E-state index contributed by atoms with van der Waals surface area (Å²) >= 11 is 1.81. The fourth-order valence-corrected chi connectivity index (χ4v) is 3.17. The molecule has 0 aromatic carbocycles. The minimum Gasteiger partial charge on any atom is -0.383 e. The van der Waals surface area contributed by atoms with Crippen LogP contribution in [0.4, 0.5) is 5.13 Å². The maximum Gasteiger partial charge on any atom is 0.185 e. The molecule has 0 bridgehead atoms. The average molecular weight is 269 g/mol. The van der Waals surface area contributed by atoms with Crippen LogP contribution in [0.2, 0.25) is 0 Å². The molecule has 0 radical (unpaired) electrons. The van der Waals surface area contributed by atoms with Crippen molar-refractivity contribution < 1.29 is 4.74 Å². The molecule has 1 saturated heterocycles. The van der Waals surface area contributed by atoms with Gasteiger partial charge in [0.2, 0.25) is 0 Å². The summed E-state index contributed by atoms with van der Waals surface area (Å²) in [7, 11) is 1.73. The van der Waals surface area contributed by atoms with Gasteiger partial charge >= 0.3 is 0 Å². The van der Waals surface area contributed by atoms with Crippen LogP contribution in [0.25, 0.3) is 0 Å². The second-order valence-electron chi connectivity index (χ2n) is 4.79. The monoisotopic (exact) mass is 269 g/mol. The van der Waals surface area contributed by atoms with Crippen LogP contribution >= 0.6 is 11.3 Å². The third-order valence-corrected chi connectivity index (χ3v) is 4.52. The van der Waals surface area contributed by atoms with Crippen molar-refractivity contribution in [3.8, 4) is 0 Å². The van der Waals surface area contributed by atoms with Crippen LogP contribution in [0.3, 0.4) is 0 Å². The van der Waals surface area contributed by atoms with Crippen molar-refractivity contribution in [3.63, 3.8) is 0 Å². The third-order valence-electron chi connectivity index (χ3n) is 3.46. The third kappa shape index (κ3) is 3.67. The van der Waals surface area contributed by atoms with Gasteiger partial charge in [-0.1, -0.05) is 13.3 Å². The smallest absolute Gasteiger partial charge is 0.185 e. The lowest BCUT2D eigenvalue weighted by Gasteiger charge is -2.13. The average Bonchev–Trinajstić information content (AvgIpc) is 3.03. The summed E-state index contributed by atoms with van der Waals surface area (Å²) in [6, 6.07) is 0. The summed E-state index contributed by atoms with van der Waals surface area (Å²) in [5.74, 6) is 0.858. The molecule has 2 heterocycles. The van der Waals surface area contributed by atoms with Gasteiger partial charge in [0.25, 0.3) is 0 Å².